The fraction of sp³-hybridized carbons (Fsp3) is 0.278. The van der Waals surface area contributed by atoms with Crippen molar-refractivity contribution in [2.45, 2.75) is 19.9 Å². The summed E-state index contributed by atoms with van der Waals surface area (Å²) in [5, 5.41) is 17.7. The number of pyridine rings is 1. The lowest BCUT2D eigenvalue weighted by molar-refractivity contribution is 0.369. The first-order valence-electron chi connectivity index (χ1n) is 7.79. The first kappa shape index (κ1) is 15.8. The monoisotopic (exact) mass is 321 g/mol. The molecule has 0 amide bonds. The SMILES string of the molecule is CCc1nn(C)c(OC)c1CNc1ccc2cc(C#N)ccc2n1. The van der Waals surface area contributed by atoms with Gasteiger partial charge in [-0.1, -0.05) is 6.92 Å². The van der Waals surface area contributed by atoms with Crippen molar-refractivity contribution in [1.29, 1.82) is 5.26 Å². The predicted octanol–water partition coefficient (Wildman–Crippen LogP) is 3.02. The number of benzene rings is 1. The van der Waals surface area contributed by atoms with Crippen LogP contribution in [0.2, 0.25) is 0 Å². The van der Waals surface area contributed by atoms with Crippen LogP contribution in [0.15, 0.2) is 30.3 Å². The second kappa shape index (κ2) is 6.59. The van der Waals surface area contributed by atoms with E-state index in [-0.39, 0.29) is 0 Å². The van der Waals surface area contributed by atoms with Crippen LogP contribution < -0.4 is 10.1 Å². The predicted molar refractivity (Wildman–Crippen MR) is 92.9 cm³/mol. The second-order valence-electron chi connectivity index (χ2n) is 5.48. The molecular formula is C18H19N5O. The first-order chi connectivity index (χ1) is 11.7. The van der Waals surface area contributed by atoms with Gasteiger partial charge in [-0.3, -0.25) is 0 Å². The number of nitrogens with zero attached hydrogens (tertiary/aromatic N) is 4. The lowest BCUT2D eigenvalue weighted by Crippen LogP contribution is -2.04. The van der Waals surface area contributed by atoms with Gasteiger partial charge in [-0.05, 0) is 36.8 Å². The van der Waals surface area contributed by atoms with Crippen LogP contribution in [0.4, 0.5) is 5.82 Å². The highest BCUT2D eigenvalue weighted by atomic mass is 16.5. The Kier molecular flexibility index (Phi) is 4.34. The van der Waals surface area contributed by atoms with Crippen LogP contribution in [0.3, 0.4) is 0 Å². The van der Waals surface area contributed by atoms with Crippen molar-refractivity contribution in [1.82, 2.24) is 14.8 Å². The van der Waals surface area contributed by atoms with Crippen molar-refractivity contribution in [2.75, 3.05) is 12.4 Å². The standard InChI is InChI=1S/C18H19N5O/c1-4-15-14(18(24-3)23(2)22-15)11-20-17-8-6-13-9-12(10-19)5-7-16(13)21-17/h5-9H,4,11H2,1-3H3,(H,20,21). The summed E-state index contributed by atoms with van der Waals surface area (Å²) in [7, 11) is 3.53. The number of rotatable bonds is 5. The minimum atomic E-state index is 0.592. The van der Waals surface area contributed by atoms with Crippen molar-refractivity contribution >= 4 is 16.7 Å². The van der Waals surface area contributed by atoms with Gasteiger partial charge in [-0.25, -0.2) is 9.67 Å². The van der Waals surface area contributed by atoms with Crippen LogP contribution in [0.25, 0.3) is 10.9 Å². The lowest BCUT2D eigenvalue weighted by atomic mass is 10.1. The van der Waals surface area contributed by atoms with Gasteiger partial charge in [0.25, 0.3) is 0 Å². The van der Waals surface area contributed by atoms with E-state index in [1.165, 1.54) is 0 Å². The number of hydrogen-bond acceptors (Lipinski definition) is 5. The Morgan fingerprint density at radius 1 is 1.29 bits per heavy atom. The molecule has 6 heteroatoms. The first-order valence-corrected chi connectivity index (χ1v) is 7.79. The van der Waals surface area contributed by atoms with Crippen LogP contribution in [0.1, 0.15) is 23.7 Å². The summed E-state index contributed by atoms with van der Waals surface area (Å²) in [5.41, 5.74) is 3.55. The number of ether oxygens (including phenoxy) is 1. The van der Waals surface area contributed by atoms with Crippen molar-refractivity contribution in [3.05, 3.63) is 47.2 Å². The van der Waals surface area contributed by atoms with Crippen molar-refractivity contribution in [3.63, 3.8) is 0 Å². The minimum Gasteiger partial charge on any atom is -0.481 e. The normalized spacial score (nSPS) is 10.6. The molecule has 1 aromatic carbocycles. The molecular weight excluding hydrogens is 302 g/mol. The van der Waals surface area contributed by atoms with Gasteiger partial charge < -0.3 is 10.1 Å². The minimum absolute atomic E-state index is 0.592. The van der Waals surface area contributed by atoms with E-state index in [0.717, 1.165) is 40.3 Å². The van der Waals surface area contributed by atoms with E-state index < -0.39 is 0 Å². The molecule has 0 aliphatic carbocycles. The van der Waals surface area contributed by atoms with E-state index in [0.29, 0.717) is 12.1 Å². The molecule has 0 aliphatic rings. The number of nitriles is 1. The summed E-state index contributed by atoms with van der Waals surface area (Å²) in [5.74, 6) is 1.54. The largest absolute Gasteiger partial charge is 0.481 e. The Morgan fingerprint density at radius 3 is 2.83 bits per heavy atom. The third-order valence-electron chi connectivity index (χ3n) is 3.96. The number of aromatic nitrogens is 3. The van der Waals surface area contributed by atoms with Crippen LogP contribution in [0.5, 0.6) is 5.88 Å². The van der Waals surface area contributed by atoms with Crippen LogP contribution in [-0.2, 0) is 20.0 Å². The van der Waals surface area contributed by atoms with E-state index in [4.69, 9.17) is 10.00 Å². The molecule has 24 heavy (non-hydrogen) atoms. The molecule has 0 spiro atoms. The molecule has 1 N–H and O–H groups in total. The smallest absolute Gasteiger partial charge is 0.216 e. The summed E-state index contributed by atoms with van der Waals surface area (Å²) in [6.45, 7) is 2.67. The Hall–Kier alpha value is -3.07. The van der Waals surface area contributed by atoms with Crippen molar-refractivity contribution in [2.24, 2.45) is 7.05 Å². The Labute approximate surface area is 140 Å². The average molecular weight is 321 g/mol. The highest BCUT2D eigenvalue weighted by Gasteiger charge is 2.15. The van der Waals surface area contributed by atoms with Crippen molar-refractivity contribution < 1.29 is 4.74 Å². The Bertz CT molecular complexity index is 923. The van der Waals surface area contributed by atoms with Gasteiger partial charge in [0.15, 0.2) is 0 Å². The third kappa shape index (κ3) is 2.88. The number of fused-ring (bicyclic) bond motifs is 1. The summed E-state index contributed by atoms with van der Waals surface area (Å²) in [4.78, 5) is 4.59. The van der Waals surface area contributed by atoms with Gasteiger partial charge in [0.1, 0.15) is 5.82 Å². The molecule has 3 rings (SSSR count). The molecule has 0 aliphatic heterocycles. The average Bonchev–Trinajstić information content (AvgIpc) is 2.93. The lowest BCUT2D eigenvalue weighted by Gasteiger charge is -2.09. The third-order valence-corrected chi connectivity index (χ3v) is 3.96. The summed E-state index contributed by atoms with van der Waals surface area (Å²) >= 11 is 0. The Balaban J connectivity index is 1.85. The molecule has 0 saturated heterocycles. The van der Waals surface area contributed by atoms with Gasteiger partial charge >= 0.3 is 0 Å². The van der Waals surface area contributed by atoms with Crippen molar-refractivity contribution in [3.8, 4) is 11.9 Å². The van der Waals surface area contributed by atoms with E-state index in [2.05, 4.69) is 28.4 Å². The quantitative estimate of drug-likeness (QED) is 0.782. The molecule has 0 fully saturated rings. The molecule has 122 valence electrons. The van der Waals surface area contributed by atoms with Gasteiger partial charge in [-0.2, -0.15) is 10.4 Å². The van der Waals surface area contributed by atoms with Gasteiger partial charge in [0.05, 0.1) is 35.5 Å². The highest BCUT2D eigenvalue weighted by molar-refractivity contribution is 5.81. The number of nitrogens with one attached hydrogen (secondary N) is 1. The zero-order chi connectivity index (χ0) is 17.1. The van der Waals surface area contributed by atoms with Crippen LogP contribution in [0, 0.1) is 11.3 Å². The maximum atomic E-state index is 8.96. The molecule has 0 unspecified atom stereocenters. The maximum absolute atomic E-state index is 8.96. The summed E-state index contributed by atoms with van der Waals surface area (Å²) < 4.78 is 7.21. The summed E-state index contributed by atoms with van der Waals surface area (Å²) in [6.07, 6.45) is 0.844. The van der Waals surface area contributed by atoms with E-state index in [1.54, 1.807) is 17.9 Å². The molecule has 0 bridgehead atoms. The highest BCUT2D eigenvalue weighted by Crippen LogP contribution is 2.23. The number of anilines is 1. The zero-order valence-corrected chi connectivity index (χ0v) is 14.0. The topological polar surface area (TPSA) is 75.8 Å². The summed E-state index contributed by atoms with van der Waals surface area (Å²) in [6, 6.07) is 11.5. The number of hydrogen-bond donors (Lipinski definition) is 1. The molecule has 0 radical (unpaired) electrons. The fourth-order valence-electron chi connectivity index (χ4n) is 2.80. The molecule has 6 nitrogen and oxygen atoms in total. The number of aryl methyl sites for hydroxylation is 2. The molecule has 2 heterocycles. The van der Waals surface area contributed by atoms with E-state index in [9.17, 15) is 0 Å². The number of methoxy groups -OCH3 is 1. The van der Waals surface area contributed by atoms with Gasteiger partial charge in [0, 0.05) is 19.0 Å². The van der Waals surface area contributed by atoms with Gasteiger partial charge in [0.2, 0.25) is 5.88 Å². The Morgan fingerprint density at radius 2 is 2.12 bits per heavy atom. The molecule has 2 aromatic heterocycles. The molecule has 0 atom stereocenters. The fourth-order valence-corrected chi connectivity index (χ4v) is 2.80. The zero-order valence-electron chi connectivity index (χ0n) is 14.0. The molecule has 0 saturated carbocycles. The molecule has 3 aromatic rings. The maximum Gasteiger partial charge on any atom is 0.216 e. The second-order valence-corrected chi connectivity index (χ2v) is 5.48. The van der Waals surface area contributed by atoms with Crippen LogP contribution >= 0.6 is 0 Å². The van der Waals surface area contributed by atoms with E-state index >= 15 is 0 Å². The van der Waals surface area contributed by atoms with Crippen LogP contribution in [-0.4, -0.2) is 21.9 Å². The van der Waals surface area contributed by atoms with Gasteiger partial charge in [-0.15, -0.1) is 0 Å². The van der Waals surface area contributed by atoms with E-state index in [1.807, 2.05) is 31.3 Å².